The largest absolute Gasteiger partial charge is 0.293 e. The van der Waals surface area contributed by atoms with Crippen LogP contribution >= 0.6 is 35.0 Å². The molecule has 24 heavy (non-hydrogen) atoms. The van der Waals surface area contributed by atoms with Crippen molar-refractivity contribution in [1.29, 1.82) is 0 Å². The van der Waals surface area contributed by atoms with Crippen LogP contribution in [0.2, 0.25) is 10.0 Å². The molecule has 1 fully saturated rings. The van der Waals surface area contributed by atoms with Crippen LogP contribution in [0.25, 0.3) is 6.08 Å². The first kappa shape index (κ1) is 17.1. The maximum Gasteiger partial charge on any atom is 0.293 e. The molecular weight excluding hydrogens is 365 g/mol. The number of imide groups is 1. The van der Waals surface area contributed by atoms with E-state index in [0.717, 1.165) is 27.8 Å². The molecule has 2 aromatic carbocycles. The van der Waals surface area contributed by atoms with Crippen molar-refractivity contribution in [3.63, 3.8) is 0 Å². The van der Waals surface area contributed by atoms with E-state index in [4.69, 9.17) is 23.2 Å². The molecule has 6 heteroatoms. The SMILES string of the molecule is Cc1ccc(C=C2SC(=O)N(Cc3c(Cl)cccc3Cl)C2=O)cc1. The molecule has 3 nitrogen and oxygen atoms in total. The van der Waals surface area contributed by atoms with Gasteiger partial charge in [0, 0.05) is 15.6 Å². The molecule has 0 saturated carbocycles. The fraction of sp³-hybridized carbons (Fsp3) is 0.111. The average molecular weight is 378 g/mol. The van der Waals surface area contributed by atoms with Crippen molar-refractivity contribution < 1.29 is 9.59 Å². The number of rotatable bonds is 3. The van der Waals surface area contributed by atoms with Gasteiger partial charge in [0.2, 0.25) is 0 Å². The number of hydrogen-bond donors (Lipinski definition) is 0. The highest BCUT2D eigenvalue weighted by Crippen LogP contribution is 2.35. The number of amides is 2. The molecule has 0 unspecified atom stereocenters. The highest BCUT2D eigenvalue weighted by molar-refractivity contribution is 8.18. The van der Waals surface area contributed by atoms with Crippen LogP contribution in [-0.4, -0.2) is 16.0 Å². The second-order valence-corrected chi connectivity index (χ2v) is 7.19. The number of halogens is 2. The van der Waals surface area contributed by atoms with Gasteiger partial charge in [-0.1, -0.05) is 59.1 Å². The normalized spacial score (nSPS) is 16.3. The molecule has 1 heterocycles. The van der Waals surface area contributed by atoms with E-state index in [9.17, 15) is 9.59 Å². The van der Waals surface area contributed by atoms with Gasteiger partial charge in [0.1, 0.15) is 0 Å². The van der Waals surface area contributed by atoms with E-state index in [-0.39, 0.29) is 17.7 Å². The molecule has 0 aromatic heterocycles. The van der Waals surface area contributed by atoms with Gasteiger partial charge in [0.05, 0.1) is 11.4 Å². The van der Waals surface area contributed by atoms with Gasteiger partial charge in [-0.05, 0) is 42.5 Å². The predicted octanol–water partition coefficient (Wildman–Crippen LogP) is 5.54. The fourth-order valence-electron chi connectivity index (χ4n) is 2.29. The summed E-state index contributed by atoms with van der Waals surface area (Å²) in [7, 11) is 0. The van der Waals surface area contributed by atoms with Crippen molar-refractivity contribution in [2.24, 2.45) is 0 Å². The van der Waals surface area contributed by atoms with Crippen molar-refractivity contribution >= 4 is 52.2 Å². The first-order chi connectivity index (χ1) is 11.5. The third-order valence-electron chi connectivity index (χ3n) is 3.63. The second kappa shape index (κ2) is 7.01. The highest BCUT2D eigenvalue weighted by Gasteiger charge is 2.35. The summed E-state index contributed by atoms with van der Waals surface area (Å²) in [6.45, 7) is 2.05. The summed E-state index contributed by atoms with van der Waals surface area (Å²) >= 11 is 13.2. The lowest BCUT2D eigenvalue weighted by Gasteiger charge is -2.14. The molecular formula is C18H13Cl2NO2S. The first-order valence-electron chi connectivity index (χ1n) is 7.20. The van der Waals surface area contributed by atoms with Crippen LogP contribution in [0.3, 0.4) is 0 Å². The van der Waals surface area contributed by atoms with E-state index in [2.05, 4.69) is 0 Å². The topological polar surface area (TPSA) is 37.4 Å². The standard InChI is InChI=1S/C18H13Cl2NO2S/c1-11-5-7-12(8-6-11)9-16-17(22)21(18(23)24-16)10-13-14(19)3-2-4-15(13)20/h2-9H,10H2,1H3. The van der Waals surface area contributed by atoms with Gasteiger partial charge in [-0.15, -0.1) is 0 Å². The minimum Gasteiger partial charge on any atom is -0.268 e. The third-order valence-corrected chi connectivity index (χ3v) is 5.24. The van der Waals surface area contributed by atoms with Crippen LogP contribution in [0.4, 0.5) is 4.79 Å². The van der Waals surface area contributed by atoms with Crippen LogP contribution in [0.15, 0.2) is 47.4 Å². The molecule has 3 rings (SSSR count). The predicted molar refractivity (Wildman–Crippen MR) is 99.2 cm³/mol. The van der Waals surface area contributed by atoms with Crippen LogP contribution in [-0.2, 0) is 11.3 Å². The van der Waals surface area contributed by atoms with Crippen molar-refractivity contribution in [2.45, 2.75) is 13.5 Å². The van der Waals surface area contributed by atoms with Crippen molar-refractivity contribution in [1.82, 2.24) is 4.90 Å². The average Bonchev–Trinajstić information content (AvgIpc) is 2.80. The number of thioether (sulfide) groups is 1. The number of hydrogen-bond acceptors (Lipinski definition) is 3. The molecule has 0 aliphatic carbocycles. The molecule has 1 aliphatic heterocycles. The zero-order valence-electron chi connectivity index (χ0n) is 12.8. The maximum absolute atomic E-state index is 12.5. The Morgan fingerprint density at radius 3 is 2.29 bits per heavy atom. The summed E-state index contributed by atoms with van der Waals surface area (Å²) < 4.78 is 0. The molecule has 0 spiro atoms. The Kier molecular flexibility index (Phi) is 4.99. The Hall–Kier alpha value is -1.75. The molecule has 122 valence electrons. The van der Waals surface area contributed by atoms with E-state index < -0.39 is 0 Å². The molecule has 0 atom stereocenters. The van der Waals surface area contributed by atoms with Crippen LogP contribution in [0, 0.1) is 6.92 Å². The third kappa shape index (κ3) is 3.51. The fourth-order valence-corrected chi connectivity index (χ4v) is 3.65. The van der Waals surface area contributed by atoms with E-state index in [1.54, 1.807) is 24.3 Å². The lowest BCUT2D eigenvalue weighted by atomic mass is 10.1. The van der Waals surface area contributed by atoms with Gasteiger partial charge in [0.25, 0.3) is 11.1 Å². The van der Waals surface area contributed by atoms with Gasteiger partial charge in [0.15, 0.2) is 0 Å². The minimum absolute atomic E-state index is 0.0639. The Bertz CT molecular complexity index is 826. The number of benzene rings is 2. The molecule has 1 saturated heterocycles. The second-order valence-electron chi connectivity index (χ2n) is 5.38. The van der Waals surface area contributed by atoms with E-state index in [1.807, 2.05) is 31.2 Å². The highest BCUT2D eigenvalue weighted by atomic mass is 35.5. The van der Waals surface area contributed by atoms with Gasteiger partial charge >= 0.3 is 0 Å². The Balaban J connectivity index is 1.85. The molecule has 2 aromatic rings. The summed E-state index contributed by atoms with van der Waals surface area (Å²) in [5, 5.41) is 0.544. The van der Waals surface area contributed by atoms with Gasteiger partial charge in [-0.25, -0.2) is 0 Å². The molecule has 0 radical (unpaired) electrons. The zero-order valence-corrected chi connectivity index (χ0v) is 15.1. The van der Waals surface area contributed by atoms with Gasteiger partial charge in [-0.3, -0.25) is 14.5 Å². The Morgan fingerprint density at radius 2 is 1.67 bits per heavy atom. The number of carbonyl (C=O) groups is 2. The number of carbonyl (C=O) groups excluding carboxylic acids is 2. The molecule has 0 N–H and O–H groups in total. The molecule has 2 amide bonds. The summed E-state index contributed by atoms with van der Waals surface area (Å²) in [6, 6.07) is 12.8. The smallest absolute Gasteiger partial charge is 0.268 e. The molecule has 1 aliphatic rings. The summed E-state index contributed by atoms with van der Waals surface area (Å²) in [4.78, 5) is 26.3. The quantitative estimate of drug-likeness (QED) is 0.659. The monoisotopic (exact) mass is 377 g/mol. The van der Waals surface area contributed by atoms with E-state index >= 15 is 0 Å². The summed E-state index contributed by atoms with van der Waals surface area (Å²) in [6.07, 6.45) is 1.72. The minimum atomic E-state index is -0.332. The molecule has 0 bridgehead atoms. The Morgan fingerprint density at radius 1 is 1.04 bits per heavy atom. The Labute approximate surface area is 154 Å². The summed E-state index contributed by atoms with van der Waals surface area (Å²) in [5.74, 6) is -0.332. The summed E-state index contributed by atoms with van der Waals surface area (Å²) in [5.41, 5.74) is 2.58. The van der Waals surface area contributed by atoms with Crippen molar-refractivity contribution in [3.05, 3.63) is 74.1 Å². The zero-order chi connectivity index (χ0) is 17.3. The lowest BCUT2D eigenvalue weighted by molar-refractivity contribution is -0.123. The number of aryl methyl sites for hydroxylation is 1. The van der Waals surface area contributed by atoms with Crippen molar-refractivity contribution in [3.8, 4) is 0 Å². The van der Waals surface area contributed by atoms with Crippen LogP contribution < -0.4 is 0 Å². The van der Waals surface area contributed by atoms with E-state index in [1.165, 1.54) is 0 Å². The lowest BCUT2D eigenvalue weighted by Crippen LogP contribution is -2.27. The van der Waals surface area contributed by atoms with Gasteiger partial charge < -0.3 is 0 Å². The van der Waals surface area contributed by atoms with Crippen LogP contribution in [0.5, 0.6) is 0 Å². The van der Waals surface area contributed by atoms with E-state index in [0.29, 0.717) is 20.5 Å². The van der Waals surface area contributed by atoms with Crippen LogP contribution in [0.1, 0.15) is 16.7 Å². The van der Waals surface area contributed by atoms with Gasteiger partial charge in [-0.2, -0.15) is 0 Å². The number of nitrogens with zero attached hydrogens (tertiary/aromatic N) is 1. The first-order valence-corrected chi connectivity index (χ1v) is 8.78. The maximum atomic E-state index is 12.5. The van der Waals surface area contributed by atoms with Crippen molar-refractivity contribution in [2.75, 3.05) is 0 Å².